The van der Waals surface area contributed by atoms with E-state index in [1.54, 1.807) is 0 Å². The van der Waals surface area contributed by atoms with Crippen LogP contribution in [0, 0.1) is 17.3 Å². The number of rotatable bonds is 9. The van der Waals surface area contributed by atoms with Crippen molar-refractivity contribution in [3.63, 3.8) is 0 Å². The zero-order valence-electron chi connectivity index (χ0n) is 13.0. The van der Waals surface area contributed by atoms with Gasteiger partial charge in [-0.2, -0.15) is 0 Å². The lowest BCUT2D eigenvalue weighted by Crippen LogP contribution is -2.45. The van der Waals surface area contributed by atoms with Crippen LogP contribution >= 0.6 is 0 Å². The van der Waals surface area contributed by atoms with Crippen LogP contribution in [0.25, 0.3) is 0 Å². The summed E-state index contributed by atoms with van der Waals surface area (Å²) in [5.74, 6) is 1.38. The summed E-state index contributed by atoms with van der Waals surface area (Å²) < 4.78 is 5.53. The highest BCUT2D eigenvalue weighted by Crippen LogP contribution is 2.36. The molecule has 2 heteroatoms. The third kappa shape index (κ3) is 5.39. The second-order valence-electron chi connectivity index (χ2n) is 6.01. The normalized spacial score (nSPS) is 15.9. The summed E-state index contributed by atoms with van der Waals surface area (Å²) in [6, 6.07) is 0. The molecule has 17 heavy (non-hydrogen) atoms. The van der Waals surface area contributed by atoms with Crippen molar-refractivity contribution in [3.05, 3.63) is 0 Å². The summed E-state index contributed by atoms with van der Waals surface area (Å²) in [6.45, 7) is 18.1. The van der Waals surface area contributed by atoms with E-state index in [1.807, 2.05) is 7.11 Å². The Kier molecular flexibility index (Phi) is 8.06. The van der Waals surface area contributed by atoms with E-state index in [1.165, 1.54) is 6.42 Å². The van der Waals surface area contributed by atoms with Crippen LogP contribution in [0.4, 0.5) is 0 Å². The summed E-state index contributed by atoms with van der Waals surface area (Å²) in [4.78, 5) is 2.53. The van der Waals surface area contributed by atoms with Crippen molar-refractivity contribution in [1.29, 1.82) is 0 Å². The van der Waals surface area contributed by atoms with Crippen LogP contribution in [0.15, 0.2) is 0 Å². The lowest BCUT2D eigenvalue weighted by Gasteiger charge is -2.42. The van der Waals surface area contributed by atoms with Gasteiger partial charge >= 0.3 is 0 Å². The largest absolute Gasteiger partial charge is 0.384 e. The Hall–Kier alpha value is -0.0800. The van der Waals surface area contributed by atoms with Gasteiger partial charge in [-0.3, -0.25) is 0 Å². The Morgan fingerprint density at radius 1 is 1.06 bits per heavy atom. The molecule has 2 nitrogen and oxygen atoms in total. The lowest BCUT2D eigenvalue weighted by atomic mass is 9.71. The average molecular weight is 243 g/mol. The molecule has 1 atom stereocenters. The van der Waals surface area contributed by atoms with Gasteiger partial charge in [0, 0.05) is 19.1 Å². The van der Waals surface area contributed by atoms with Crippen LogP contribution in [-0.4, -0.2) is 38.3 Å². The number of nitrogens with zero attached hydrogens (tertiary/aromatic N) is 1. The van der Waals surface area contributed by atoms with Gasteiger partial charge in [-0.25, -0.2) is 0 Å². The van der Waals surface area contributed by atoms with Gasteiger partial charge in [0.05, 0.1) is 6.61 Å². The summed E-state index contributed by atoms with van der Waals surface area (Å²) in [7, 11) is 1.83. The van der Waals surface area contributed by atoms with E-state index in [0.717, 1.165) is 32.2 Å². The van der Waals surface area contributed by atoms with Gasteiger partial charge in [0.15, 0.2) is 0 Å². The Balaban J connectivity index is 4.87. The van der Waals surface area contributed by atoms with Crippen molar-refractivity contribution in [2.45, 2.75) is 48.0 Å². The first-order valence-electron chi connectivity index (χ1n) is 7.13. The molecule has 104 valence electrons. The first-order valence-corrected chi connectivity index (χ1v) is 7.13. The summed E-state index contributed by atoms with van der Waals surface area (Å²) >= 11 is 0. The molecule has 1 unspecified atom stereocenters. The van der Waals surface area contributed by atoms with E-state index in [4.69, 9.17) is 4.74 Å². The molecule has 0 rings (SSSR count). The number of ether oxygens (including phenoxy) is 1. The molecule has 0 fully saturated rings. The fraction of sp³-hybridized carbons (Fsp3) is 1.00. The van der Waals surface area contributed by atoms with E-state index in [9.17, 15) is 0 Å². The maximum absolute atomic E-state index is 5.53. The highest BCUT2D eigenvalue weighted by molar-refractivity contribution is 4.86. The summed E-state index contributed by atoms with van der Waals surface area (Å²) in [5, 5.41) is 0. The fourth-order valence-electron chi connectivity index (χ4n) is 2.75. The van der Waals surface area contributed by atoms with Gasteiger partial charge in [0.25, 0.3) is 0 Å². The average Bonchev–Trinajstić information content (AvgIpc) is 2.24. The molecule has 0 saturated heterocycles. The van der Waals surface area contributed by atoms with Crippen molar-refractivity contribution in [1.82, 2.24) is 4.90 Å². The van der Waals surface area contributed by atoms with E-state index >= 15 is 0 Å². The van der Waals surface area contributed by atoms with Crippen molar-refractivity contribution in [3.8, 4) is 0 Å². The topological polar surface area (TPSA) is 12.5 Å². The second kappa shape index (κ2) is 8.10. The third-order valence-corrected chi connectivity index (χ3v) is 3.90. The Morgan fingerprint density at radius 3 is 1.88 bits per heavy atom. The number of methoxy groups -OCH3 is 1. The molecule has 0 aromatic rings. The van der Waals surface area contributed by atoms with Gasteiger partial charge in [-0.15, -0.1) is 0 Å². The molecule has 0 aliphatic carbocycles. The Labute approximate surface area is 109 Å². The van der Waals surface area contributed by atoms with Crippen molar-refractivity contribution >= 4 is 0 Å². The summed E-state index contributed by atoms with van der Waals surface area (Å²) in [6.07, 6.45) is 1.25. The second-order valence-corrected chi connectivity index (χ2v) is 6.01. The highest BCUT2D eigenvalue weighted by Gasteiger charge is 2.35. The first kappa shape index (κ1) is 16.9. The van der Waals surface area contributed by atoms with Crippen molar-refractivity contribution in [2.75, 3.05) is 33.4 Å². The molecule has 0 bridgehead atoms. The molecular weight excluding hydrogens is 210 g/mol. The molecule has 0 amide bonds. The molecule has 0 spiro atoms. The zero-order valence-corrected chi connectivity index (χ0v) is 13.0. The van der Waals surface area contributed by atoms with Crippen LogP contribution < -0.4 is 0 Å². The Bertz CT molecular complexity index is 187. The standard InChI is InChI=1S/C15H33NO/c1-8-16(9-2)11-15(12-17-7,14(5)6)10-13(3)4/h13-14H,8-12H2,1-7H3. The first-order chi connectivity index (χ1) is 7.91. The third-order valence-electron chi connectivity index (χ3n) is 3.90. The van der Waals surface area contributed by atoms with E-state index in [-0.39, 0.29) is 0 Å². The fourth-order valence-corrected chi connectivity index (χ4v) is 2.75. The monoisotopic (exact) mass is 243 g/mol. The maximum Gasteiger partial charge on any atom is 0.0533 e. The summed E-state index contributed by atoms with van der Waals surface area (Å²) in [5.41, 5.74) is 0.301. The van der Waals surface area contributed by atoms with Gasteiger partial charge in [0.1, 0.15) is 0 Å². The number of hydrogen-bond acceptors (Lipinski definition) is 2. The predicted octanol–water partition coefficient (Wildman–Crippen LogP) is 3.66. The molecular formula is C15H33NO. The predicted molar refractivity (Wildman–Crippen MR) is 76.4 cm³/mol. The van der Waals surface area contributed by atoms with Gasteiger partial charge in [0.2, 0.25) is 0 Å². The van der Waals surface area contributed by atoms with E-state index < -0.39 is 0 Å². The van der Waals surface area contributed by atoms with Crippen molar-refractivity contribution < 1.29 is 4.74 Å². The Morgan fingerprint density at radius 2 is 1.59 bits per heavy atom. The van der Waals surface area contributed by atoms with Crippen LogP contribution in [0.5, 0.6) is 0 Å². The minimum Gasteiger partial charge on any atom is -0.384 e. The van der Waals surface area contributed by atoms with Crippen LogP contribution in [-0.2, 0) is 4.74 Å². The van der Waals surface area contributed by atoms with E-state index in [0.29, 0.717) is 11.3 Å². The minimum absolute atomic E-state index is 0.301. The molecule has 0 aliphatic heterocycles. The highest BCUT2D eigenvalue weighted by atomic mass is 16.5. The molecule has 0 radical (unpaired) electrons. The quantitative estimate of drug-likeness (QED) is 0.613. The van der Waals surface area contributed by atoms with E-state index in [2.05, 4.69) is 46.4 Å². The van der Waals surface area contributed by atoms with Crippen LogP contribution in [0.3, 0.4) is 0 Å². The van der Waals surface area contributed by atoms with Gasteiger partial charge in [-0.05, 0) is 31.3 Å². The molecule has 0 saturated carbocycles. The van der Waals surface area contributed by atoms with Gasteiger partial charge < -0.3 is 9.64 Å². The molecule has 0 aromatic heterocycles. The van der Waals surface area contributed by atoms with Crippen LogP contribution in [0.2, 0.25) is 0 Å². The van der Waals surface area contributed by atoms with Crippen molar-refractivity contribution in [2.24, 2.45) is 17.3 Å². The minimum atomic E-state index is 0.301. The van der Waals surface area contributed by atoms with Gasteiger partial charge in [-0.1, -0.05) is 41.5 Å². The zero-order chi connectivity index (χ0) is 13.5. The molecule has 0 N–H and O–H groups in total. The maximum atomic E-state index is 5.53. The van der Waals surface area contributed by atoms with Crippen LogP contribution in [0.1, 0.15) is 48.0 Å². The molecule has 0 aliphatic rings. The lowest BCUT2D eigenvalue weighted by molar-refractivity contribution is -0.00182. The molecule has 0 heterocycles. The number of hydrogen-bond donors (Lipinski definition) is 0. The smallest absolute Gasteiger partial charge is 0.0533 e. The SMILES string of the molecule is CCN(CC)CC(COC)(CC(C)C)C(C)C. The molecule has 0 aromatic carbocycles.